The van der Waals surface area contributed by atoms with E-state index in [9.17, 15) is 0 Å². The molecule has 5 heavy (non-hydrogen) atoms. The second-order valence-corrected chi connectivity index (χ2v) is 0.659. The van der Waals surface area contributed by atoms with Crippen molar-refractivity contribution in [1.82, 2.24) is 0 Å². The monoisotopic (exact) mass is 66.0 g/mol. The highest BCUT2D eigenvalue weighted by molar-refractivity contribution is 4.73. The maximum Gasteiger partial charge on any atom is -0.0126 e. The van der Waals surface area contributed by atoms with Crippen LogP contribution in [0.4, 0.5) is 0 Å². The summed E-state index contributed by atoms with van der Waals surface area (Å²) >= 11 is 0. The van der Waals surface area contributed by atoms with E-state index in [1.165, 1.54) is 0 Å². The van der Waals surface area contributed by atoms with E-state index >= 15 is 0 Å². The average molecular weight is 66.1 g/mol. The van der Waals surface area contributed by atoms with E-state index in [1.807, 2.05) is 0 Å². The molecule has 0 amide bonds. The molecule has 0 aromatic rings. The Bertz CT molecular complexity index is 47.1. The lowest BCUT2D eigenvalue weighted by molar-refractivity contribution is 1.41. The van der Waals surface area contributed by atoms with Crippen molar-refractivity contribution in [3.63, 3.8) is 0 Å². The topological polar surface area (TPSA) is 0 Å². The van der Waals surface area contributed by atoms with Gasteiger partial charge in [-0.15, -0.1) is 5.73 Å². The summed E-state index contributed by atoms with van der Waals surface area (Å²) in [6.45, 7) is 8.27. The van der Waals surface area contributed by atoms with Gasteiger partial charge in [-0.1, -0.05) is 0 Å². The van der Waals surface area contributed by atoms with E-state index in [1.54, 1.807) is 6.08 Å². The minimum absolute atomic E-state index is 0.733. The van der Waals surface area contributed by atoms with Crippen molar-refractivity contribution < 1.29 is 0 Å². The molecule has 0 saturated heterocycles. The van der Waals surface area contributed by atoms with Crippen LogP contribution in [0, 0.1) is 13.5 Å². The smallest absolute Gasteiger partial charge is 0.0126 e. The van der Waals surface area contributed by atoms with Gasteiger partial charge in [0.2, 0.25) is 0 Å². The predicted molar refractivity (Wildman–Crippen MR) is 22.4 cm³/mol. The lowest BCUT2D eigenvalue weighted by Crippen LogP contribution is -1.40. The van der Waals surface area contributed by atoms with Gasteiger partial charge in [-0.3, -0.25) is 0 Å². The van der Waals surface area contributed by atoms with Crippen LogP contribution >= 0.6 is 0 Å². The van der Waals surface area contributed by atoms with Crippen LogP contribution in [0.1, 0.15) is 6.42 Å². The summed E-state index contributed by atoms with van der Waals surface area (Å²) < 4.78 is 0. The lowest BCUT2D eigenvalue weighted by atomic mass is 10.5. The van der Waals surface area contributed by atoms with Crippen LogP contribution in [0.5, 0.6) is 0 Å². The van der Waals surface area contributed by atoms with Crippen LogP contribution in [0.25, 0.3) is 0 Å². The summed E-state index contributed by atoms with van der Waals surface area (Å²) in [5, 5.41) is 0. The molecule has 0 aliphatic rings. The summed E-state index contributed by atoms with van der Waals surface area (Å²) in [7, 11) is 0. The van der Waals surface area contributed by atoms with Crippen molar-refractivity contribution in [2.75, 3.05) is 0 Å². The van der Waals surface area contributed by atoms with E-state index < -0.39 is 0 Å². The third kappa shape index (κ3) is 3.52. The first kappa shape index (κ1) is 4.52. The van der Waals surface area contributed by atoms with Crippen LogP contribution in [-0.4, -0.2) is 0 Å². The Morgan fingerprint density at radius 1 is 2.00 bits per heavy atom. The molecule has 0 atom stereocenters. The summed E-state index contributed by atoms with van der Waals surface area (Å²) in [5.41, 5.74) is 2.33. The predicted octanol–water partition coefficient (Wildman–Crippen LogP) is 1.35. The zero-order valence-electron chi connectivity index (χ0n) is 3.07. The van der Waals surface area contributed by atoms with E-state index in [0.29, 0.717) is 0 Å². The molecule has 0 unspecified atom stereocenters. The molecular weight excluding hydrogens is 60.1 g/mol. The van der Waals surface area contributed by atoms with Gasteiger partial charge >= 0.3 is 0 Å². The average Bonchev–Trinajstić information content (AvgIpc) is 1.41. The Morgan fingerprint density at radius 3 is 2.60 bits per heavy atom. The number of hydrogen-bond acceptors (Lipinski definition) is 0. The molecule has 0 spiro atoms. The van der Waals surface area contributed by atoms with Gasteiger partial charge < -0.3 is 0 Å². The normalized spacial score (nSPS) is 5.80. The van der Waals surface area contributed by atoms with Crippen LogP contribution in [0.2, 0.25) is 0 Å². The summed E-state index contributed by atoms with van der Waals surface area (Å²) in [6.07, 6.45) is 2.40. The third-order valence-corrected chi connectivity index (χ3v) is 0.262. The van der Waals surface area contributed by atoms with Crippen LogP contribution < -0.4 is 0 Å². The molecule has 0 saturated carbocycles. The van der Waals surface area contributed by atoms with Gasteiger partial charge in [-0.05, 0) is 26.0 Å². The second kappa shape index (κ2) is 3.52. The van der Waals surface area contributed by atoms with Crippen molar-refractivity contribution in [3.05, 3.63) is 25.3 Å². The zero-order valence-corrected chi connectivity index (χ0v) is 3.07. The fourth-order valence-corrected chi connectivity index (χ4v) is 0.0833. The molecule has 0 rings (SSSR count). The number of hydrogen-bond donors (Lipinski definition) is 0. The second-order valence-electron chi connectivity index (χ2n) is 0.659. The van der Waals surface area contributed by atoms with Gasteiger partial charge in [0.15, 0.2) is 0 Å². The Hall–Kier alpha value is -0.480. The molecule has 0 fully saturated rings. The Kier molecular flexibility index (Phi) is 3.18. The van der Waals surface area contributed by atoms with E-state index in [-0.39, 0.29) is 0 Å². The Morgan fingerprint density at radius 2 is 2.60 bits per heavy atom. The molecule has 0 aliphatic carbocycles. The van der Waals surface area contributed by atoms with E-state index in [2.05, 4.69) is 12.7 Å². The van der Waals surface area contributed by atoms with Crippen molar-refractivity contribution >= 4 is 0 Å². The van der Waals surface area contributed by atoms with E-state index in [0.717, 1.165) is 6.42 Å². The molecule has 0 nitrogen and oxygen atoms in total. The summed E-state index contributed by atoms with van der Waals surface area (Å²) in [6, 6.07) is 0. The molecule has 0 heterocycles. The van der Waals surface area contributed by atoms with Crippen molar-refractivity contribution in [2.24, 2.45) is 0 Å². The van der Waals surface area contributed by atoms with Crippen molar-refractivity contribution in [1.29, 1.82) is 0 Å². The largest absolute Gasteiger partial charge is 0.125 e. The fourth-order valence-electron chi connectivity index (χ4n) is 0.0833. The van der Waals surface area contributed by atoms with E-state index in [4.69, 9.17) is 6.58 Å². The van der Waals surface area contributed by atoms with Gasteiger partial charge in [-0.2, -0.15) is 0 Å². The van der Waals surface area contributed by atoms with Crippen molar-refractivity contribution in [3.8, 4) is 0 Å². The molecule has 0 aromatic carbocycles. The molecule has 2 radical (unpaired) electrons. The molecule has 0 aliphatic heterocycles. The molecule has 0 bridgehead atoms. The molecule has 0 N–H and O–H groups in total. The molecule has 0 aromatic heterocycles. The van der Waals surface area contributed by atoms with Crippen LogP contribution in [-0.2, 0) is 0 Å². The number of rotatable bonds is 1. The van der Waals surface area contributed by atoms with Gasteiger partial charge in [-0.25, -0.2) is 0 Å². The lowest BCUT2D eigenvalue weighted by Gasteiger charge is -1.58. The fraction of sp³-hybridized carbons (Fsp3) is 0.200. The minimum Gasteiger partial charge on any atom is -0.125 e. The molecule has 26 valence electrons. The highest BCUT2D eigenvalue weighted by Gasteiger charge is 1.49. The third-order valence-electron chi connectivity index (χ3n) is 0.262. The first-order chi connectivity index (χ1) is 2.41. The first-order valence-corrected chi connectivity index (χ1v) is 1.49. The minimum atomic E-state index is 0.733. The van der Waals surface area contributed by atoms with Crippen LogP contribution in [0.15, 0.2) is 11.8 Å². The van der Waals surface area contributed by atoms with Gasteiger partial charge in [0.05, 0.1) is 0 Å². The quantitative estimate of drug-likeness (QED) is 0.405. The highest BCUT2D eigenvalue weighted by atomic mass is 13.6. The maximum absolute atomic E-state index is 4.79. The molecular formula is C5H6. The first-order valence-electron chi connectivity index (χ1n) is 1.49. The van der Waals surface area contributed by atoms with Crippen LogP contribution in [0.3, 0.4) is 0 Å². The highest BCUT2D eigenvalue weighted by Crippen LogP contribution is 1.68. The zero-order chi connectivity index (χ0) is 4.12. The Balaban J connectivity index is 2.93. The van der Waals surface area contributed by atoms with Crippen molar-refractivity contribution in [2.45, 2.75) is 6.42 Å². The number of allylic oxidation sites excluding steroid dienone is 1. The summed E-state index contributed by atoms with van der Waals surface area (Å²) in [4.78, 5) is 0. The summed E-state index contributed by atoms with van der Waals surface area (Å²) in [5.74, 6) is 0. The molecule has 0 heteroatoms. The van der Waals surface area contributed by atoms with Gasteiger partial charge in [0.25, 0.3) is 0 Å². The maximum atomic E-state index is 4.79. The Labute approximate surface area is 32.8 Å². The SMILES string of the molecule is [CH]=C=CC[CH2]. The standard InChI is InChI=1S/C5H6/c1-3-5-4-2/h1,5H,2,4H2. The van der Waals surface area contributed by atoms with Gasteiger partial charge in [0.1, 0.15) is 0 Å². The van der Waals surface area contributed by atoms with Gasteiger partial charge in [0, 0.05) is 0 Å².